The Morgan fingerprint density at radius 1 is 0.365 bits per heavy atom. The van der Waals surface area contributed by atoms with Crippen molar-refractivity contribution in [1.29, 1.82) is 0 Å². The number of fused-ring (bicyclic) bond motifs is 6. The van der Waals surface area contributed by atoms with Crippen molar-refractivity contribution in [2.24, 2.45) is 0 Å². The van der Waals surface area contributed by atoms with Gasteiger partial charge in [-0.25, -0.2) is 0 Å². The molecule has 0 unspecified atom stereocenters. The summed E-state index contributed by atoms with van der Waals surface area (Å²) in [5, 5.41) is 5.04. The molecule has 4 heterocycles. The van der Waals surface area contributed by atoms with Crippen LogP contribution in [0.15, 0.2) is 170 Å². The van der Waals surface area contributed by atoms with Crippen LogP contribution in [-0.2, 0) is 0 Å². The van der Waals surface area contributed by atoms with E-state index >= 15 is 0 Å². The molecule has 0 bridgehead atoms. The molecule has 246 valence electrons. The molecule has 4 aromatic heterocycles. The van der Waals surface area contributed by atoms with Gasteiger partial charge in [-0.2, -0.15) is 0 Å². The van der Waals surface area contributed by atoms with Crippen LogP contribution >= 0.6 is 0 Å². The van der Waals surface area contributed by atoms with Gasteiger partial charge < -0.3 is 9.13 Å². The van der Waals surface area contributed by atoms with E-state index in [0.29, 0.717) is 0 Å². The molecule has 0 radical (unpaired) electrons. The summed E-state index contributed by atoms with van der Waals surface area (Å²) in [5.41, 5.74) is 15.8. The van der Waals surface area contributed by atoms with Crippen molar-refractivity contribution in [3.63, 3.8) is 0 Å². The summed E-state index contributed by atoms with van der Waals surface area (Å²) in [4.78, 5) is 9.74. The number of aromatic nitrogens is 4. The second kappa shape index (κ2) is 11.9. The summed E-state index contributed by atoms with van der Waals surface area (Å²) in [6.07, 6.45) is 3.84. The Morgan fingerprint density at radius 3 is 1.27 bits per heavy atom. The molecule has 10 rings (SSSR count). The van der Waals surface area contributed by atoms with Crippen LogP contribution in [0.3, 0.4) is 0 Å². The second-order valence-corrected chi connectivity index (χ2v) is 13.6. The van der Waals surface area contributed by atoms with Gasteiger partial charge in [0.1, 0.15) is 0 Å². The monoisotopic (exact) mass is 666 g/mol. The van der Waals surface area contributed by atoms with Gasteiger partial charge in [-0.3, -0.25) is 9.97 Å². The Morgan fingerprint density at radius 2 is 0.788 bits per heavy atom. The Kier molecular flexibility index (Phi) is 6.90. The van der Waals surface area contributed by atoms with Crippen LogP contribution in [0.2, 0.25) is 0 Å². The largest absolute Gasteiger partial charge is 0.309 e. The first-order valence-corrected chi connectivity index (χ1v) is 17.7. The highest BCUT2D eigenvalue weighted by molar-refractivity contribution is 6.10. The van der Waals surface area contributed by atoms with Gasteiger partial charge in [-0.1, -0.05) is 84.9 Å². The molecular formula is C48H34N4. The molecule has 0 aliphatic rings. The quantitative estimate of drug-likeness (QED) is 0.183. The molecule has 0 aliphatic heterocycles. The second-order valence-electron chi connectivity index (χ2n) is 13.6. The number of benzene rings is 6. The predicted octanol–water partition coefficient (Wildman–Crippen LogP) is 12.3. The van der Waals surface area contributed by atoms with E-state index in [-0.39, 0.29) is 0 Å². The number of hydrogen-bond donors (Lipinski definition) is 0. The fourth-order valence-electron chi connectivity index (χ4n) is 8.02. The molecule has 4 nitrogen and oxygen atoms in total. The highest BCUT2D eigenvalue weighted by atomic mass is 15.0. The van der Waals surface area contributed by atoms with E-state index in [1.165, 1.54) is 54.7 Å². The van der Waals surface area contributed by atoms with Gasteiger partial charge in [-0.05, 0) is 109 Å². The van der Waals surface area contributed by atoms with E-state index < -0.39 is 0 Å². The number of nitrogens with zero attached hydrogens (tertiary/aromatic N) is 4. The number of aryl methyl sites for hydroxylation is 2. The van der Waals surface area contributed by atoms with Crippen LogP contribution in [0.1, 0.15) is 11.1 Å². The summed E-state index contributed by atoms with van der Waals surface area (Å²) in [6, 6.07) is 56.5. The van der Waals surface area contributed by atoms with E-state index in [1.807, 2.05) is 12.4 Å². The number of para-hydroxylation sites is 4. The van der Waals surface area contributed by atoms with Gasteiger partial charge in [0.15, 0.2) is 0 Å². The van der Waals surface area contributed by atoms with Crippen molar-refractivity contribution < 1.29 is 0 Å². The Balaban J connectivity index is 1.02. The molecule has 0 amide bonds. The third-order valence-electron chi connectivity index (χ3n) is 10.5. The predicted molar refractivity (Wildman–Crippen MR) is 216 cm³/mol. The molecule has 0 aliphatic carbocycles. The van der Waals surface area contributed by atoms with Crippen LogP contribution in [-0.4, -0.2) is 19.1 Å². The first kappa shape index (κ1) is 30.1. The van der Waals surface area contributed by atoms with Crippen molar-refractivity contribution >= 4 is 43.6 Å². The van der Waals surface area contributed by atoms with Crippen molar-refractivity contribution in [3.8, 4) is 45.0 Å². The average molecular weight is 667 g/mol. The van der Waals surface area contributed by atoms with Crippen LogP contribution in [0, 0.1) is 13.8 Å². The average Bonchev–Trinajstić information content (AvgIpc) is 3.71. The SMILES string of the molecule is Cc1cc(-n2c3ccccc3c3ccccc32)ccc1-c1cc(-c2ccnc(-c3cc(-n4c5ccccc5c5ccccc54)ccc3C)c2)ccn1. The zero-order valence-electron chi connectivity index (χ0n) is 29.0. The Bertz CT molecular complexity index is 2890. The molecule has 0 fully saturated rings. The first-order valence-electron chi connectivity index (χ1n) is 17.7. The van der Waals surface area contributed by atoms with Crippen molar-refractivity contribution in [2.75, 3.05) is 0 Å². The number of rotatable bonds is 5. The molecule has 6 aromatic carbocycles. The lowest BCUT2D eigenvalue weighted by Gasteiger charge is -2.14. The third-order valence-corrected chi connectivity index (χ3v) is 10.5. The zero-order valence-corrected chi connectivity index (χ0v) is 29.0. The van der Waals surface area contributed by atoms with E-state index in [1.54, 1.807) is 0 Å². The lowest BCUT2D eigenvalue weighted by Crippen LogP contribution is -1.97. The van der Waals surface area contributed by atoms with Crippen LogP contribution in [0.5, 0.6) is 0 Å². The van der Waals surface area contributed by atoms with E-state index in [4.69, 9.17) is 9.97 Å². The fourth-order valence-corrected chi connectivity index (χ4v) is 8.02. The summed E-state index contributed by atoms with van der Waals surface area (Å²) < 4.78 is 4.73. The van der Waals surface area contributed by atoms with Gasteiger partial charge in [0.05, 0.1) is 33.5 Å². The summed E-state index contributed by atoms with van der Waals surface area (Å²) in [5.74, 6) is 0. The molecule has 0 saturated heterocycles. The van der Waals surface area contributed by atoms with Gasteiger partial charge in [-0.15, -0.1) is 0 Å². The highest BCUT2D eigenvalue weighted by Gasteiger charge is 2.16. The van der Waals surface area contributed by atoms with Crippen LogP contribution < -0.4 is 0 Å². The van der Waals surface area contributed by atoms with Crippen molar-refractivity contribution in [2.45, 2.75) is 13.8 Å². The maximum absolute atomic E-state index is 4.89. The first-order chi connectivity index (χ1) is 25.6. The zero-order chi connectivity index (χ0) is 34.8. The lowest BCUT2D eigenvalue weighted by atomic mass is 9.98. The Hall–Kier alpha value is -6.78. The van der Waals surface area contributed by atoms with E-state index in [2.05, 4.69) is 181 Å². The van der Waals surface area contributed by atoms with Gasteiger partial charge in [0, 0.05) is 56.4 Å². The van der Waals surface area contributed by atoms with Crippen LogP contribution in [0.25, 0.3) is 88.6 Å². The maximum Gasteiger partial charge on any atom is 0.0711 e. The van der Waals surface area contributed by atoms with Gasteiger partial charge in [0.2, 0.25) is 0 Å². The normalized spacial score (nSPS) is 11.7. The summed E-state index contributed by atoms with van der Waals surface area (Å²) in [7, 11) is 0. The standard InChI is InChI=1S/C48H34N4/c1-31-19-20-36(52-47-17-9-5-13-40(47)41-14-6-10-18-48(41)52)30-42(31)44-29-34(24-26-50-44)33-23-25-49-43(28-33)37-22-21-35(27-32(37)2)51-45-15-7-3-11-38(45)39-12-4-8-16-46(39)51/h3-30H,1-2H3. The minimum absolute atomic E-state index is 0.947. The van der Waals surface area contributed by atoms with E-state index in [0.717, 1.165) is 45.0 Å². The third kappa shape index (κ3) is 4.76. The summed E-state index contributed by atoms with van der Waals surface area (Å²) >= 11 is 0. The molecule has 52 heavy (non-hydrogen) atoms. The van der Waals surface area contributed by atoms with Gasteiger partial charge in [0.25, 0.3) is 0 Å². The molecule has 4 heteroatoms. The minimum atomic E-state index is 0.947. The smallest absolute Gasteiger partial charge is 0.0711 e. The number of pyridine rings is 2. The fraction of sp³-hybridized carbons (Fsp3) is 0.0417. The topological polar surface area (TPSA) is 35.6 Å². The number of hydrogen-bond acceptors (Lipinski definition) is 2. The molecule has 0 N–H and O–H groups in total. The van der Waals surface area contributed by atoms with Crippen molar-refractivity contribution in [1.82, 2.24) is 19.1 Å². The Labute approximate surface area is 301 Å². The van der Waals surface area contributed by atoms with Crippen molar-refractivity contribution in [3.05, 3.63) is 181 Å². The van der Waals surface area contributed by atoms with Crippen LogP contribution in [0.4, 0.5) is 0 Å². The summed E-state index contributed by atoms with van der Waals surface area (Å²) in [6.45, 7) is 4.34. The highest BCUT2D eigenvalue weighted by Crippen LogP contribution is 2.36. The molecule has 0 spiro atoms. The molecule has 0 atom stereocenters. The minimum Gasteiger partial charge on any atom is -0.309 e. The maximum atomic E-state index is 4.89. The molecule has 0 saturated carbocycles. The van der Waals surface area contributed by atoms with Gasteiger partial charge >= 0.3 is 0 Å². The molecule has 10 aromatic rings. The van der Waals surface area contributed by atoms with E-state index in [9.17, 15) is 0 Å². The molecular weight excluding hydrogens is 633 g/mol. The lowest BCUT2D eigenvalue weighted by molar-refractivity contribution is 1.17.